The second kappa shape index (κ2) is 4.57. The first kappa shape index (κ1) is 9.67. The Morgan fingerprint density at radius 3 is 2.92 bits per heavy atom. The van der Waals surface area contributed by atoms with Crippen molar-refractivity contribution in [1.29, 1.82) is 0 Å². The van der Waals surface area contributed by atoms with E-state index in [0.717, 1.165) is 15.9 Å². The lowest BCUT2D eigenvalue weighted by molar-refractivity contribution is -0.116. The molecule has 0 unspecified atom stereocenters. The van der Waals surface area contributed by atoms with Gasteiger partial charge in [0.25, 0.3) is 0 Å². The fourth-order valence-corrected chi connectivity index (χ4v) is 2.38. The van der Waals surface area contributed by atoms with E-state index in [1.807, 2.05) is 6.92 Å². The zero-order valence-corrected chi connectivity index (χ0v) is 8.67. The molecule has 0 saturated heterocycles. The summed E-state index contributed by atoms with van der Waals surface area (Å²) in [6, 6.07) is 0. The molecule has 0 bridgehead atoms. The molecule has 0 atom stereocenters. The summed E-state index contributed by atoms with van der Waals surface area (Å²) in [6.45, 7) is 3.47. The van der Waals surface area contributed by atoms with Gasteiger partial charge in [-0.2, -0.15) is 4.37 Å². The molecule has 0 spiro atoms. The standard InChI is InChI=1S/C7H10N2OS2/c1-5(10)3-4-11-7-8-6(2)9-12-7/h3-4H2,1-2H3. The Morgan fingerprint density at radius 1 is 1.67 bits per heavy atom. The summed E-state index contributed by atoms with van der Waals surface area (Å²) >= 11 is 2.99. The van der Waals surface area contributed by atoms with Crippen LogP contribution in [0.3, 0.4) is 0 Å². The largest absolute Gasteiger partial charge is 0.300 e. The average Bonchev–Trinajstić information content (AvgIpc) is 2.35. The maximum absolute atomic E-state index is 10.6. The number of rotatable bonds is 4. The lowest BCUT2D eigenvalue weighted by Gasteiger charge is -1.91. The van der Waals surface area contributed by atoms with Gasteiger partial charge in [-0.1, -0.05) is 11.8 Å². The number of carbonyl (C=O) groups excluding carboxylic acids is 1. The van der Waals surface area contributed by atoms with Crippen LogP contribution in [0.25, 0.3) is 0 Å². The third kappa shape index (κ3) is 3.32. The molecule has 0 N–H and O–H groups in total. The van der Waals surface area contributed by atoms with E-state index in [-0.39, 0.29) is 5.78 Å². The van der Waals surface area contributed by atoms with Gasteiger partial charge in [0, 0.05) is 12.2 Å². The van der Waals surface area contributed by atoms with Crippen LogP contribution in [-0.4, -0.2) is 20.9 Å². The van der Waals surface area contributed by atoms with E-state index < -0.39 is 0 Å². The molecule has 0 amide bonds. The van der Waals surface area contributed by atoms with Crippen LogP contribution >= 0.6 is 23.3 Å². The number of hydrogen-bond donors (Lipinski definition) is 0. The third-order valence-corrected chi connectivity index (χ3v) is 3.12. The van der Waals surface area contributed by atoms with Crippen molar-refractivity contribution in [1.82, 2.24) is 9.36 Å². The van der Waals surface area contributed by atoms with Crippen molar-refractivity contribution in [3.63, 3.8) is 0 Å². The normalized spacial score (nSPS) is 10.2. The quantitative estimate of drug-likeness (QED) is 0.700. The molecular formula is C7H10N2OS2. The first-order valence-electron chi connectivity index (χ1n) is 3.61. The summed E-state index contributed by atoms with van der Waals surface area (Å²) in [5.41, 5.74) is 0. The number of Topliss-reactive ketones (excluding diaryl/α,β-unsaturated/α-hetero) is 1. The third-order valence-electron chi connectivity index (χ3n) is 1.19. The highest BCUT2D eigenvalue weighted by Gasteiger charge is 2.01. The van der Waals surface area contributed by atoms with Gasteiger partial charge in [-0.15, -0.1) is 0 Å². The fourth-order valence-electron chi connectivity index (χ4n) is 0.619. The van der Waals surface area contributed by atoms with E-state index in [1.165, 1.54) is 11.5 Å². The minimum atomic E-state index is 0.226. The number of thioether (sulfide) groups is 1. The molecule has 3 nitrogen and oxygen atoms in total. The van der Waals surface area contributed by atoms with Crippen LogP contribution in [-0.2, 0) is 4.79 Å². The monoisotopic (exact) mass is 202 g/mol. The highest BCUT2D eigenvalue weighted by Crippen LogP contribution is 2.20. The van der Waals surface area contributed by atoms with Gasteiger partial charge in [0.15, 0.2) is 4.34 Å². The topological polar surface area (TPSA) is 42.9 Å². The van der Waals surface area contributed by atoms with Gasteiger partial charge < -0.3 is 0 Å². The summed E-state index contributed by atoms with van der Waals surface area (Å²) in [7, 11) is 0. The number of aromatic nitrogens is 2. The summed E-state index contributed by atoms with van der Waals surface area (Å²) < 4.78 is 4.99. The summed E-state index contributed by atoms with van der Waals surface area (Å²) in [4.78, 5) is 14.8. The van der Waals surface area contributed by atoms with Crippen LogP contribution < -0.4 is 0 Å². The highest BCUT2D eigenvalue weighted by atomic mass is 32.2. The Hall–Kier alpha value is -0.420. The molecule has 0 fully saturated rings. The van der Waals surface area contributed by atoms with E-state index in [2.05, 4.69) is 9.36 Å². The molecule has 1 heterocycles. The van der Waals surface area contributed by atoms with Gasteiger partial charge in [-0.25, -0.2) is 4.98 Å². The maximum Gasteiger partial charge on any atom is 0.170 e. The van der Waals surface area contributed by atoms with Crippen molar-refractivity contribution >= 4 is 29.1 Å². The lowest BCUT2D eigenvalue weighted by atomic mass is 10.4. The lowest BCUT2D eigenvalue weighted by Crippen LogP contribution is -1.91. The molecule has 66 valence electrons. The van der Waals surface area contributed by atoms with E-state index in [0.29, 0.717) is 6.42 Å². The summed E-state index contributed by atoms with van der Waals surface area (Å²) in [5, 5.41) is 0. The SMILES string of the molecule is CC(=O)CCSc1nc(C)ns1. The van der Waals surface area contributed by atoms with Gasteiger partial charge in [-0.3, -0.25) is 4.79 Å². The molecule has 0 radical (unpaired) electrons. The Balaban J connectivity index is 2.29. The highest BCUT2D eigenvalue weighted by molar-refractivity contribution is 8.00. The van der Waals surface area contributed by atoms with E-state index in [9.17, 15) is 4.79 Å². The van der Waals surface area contributed by atoms with Crippen molar-refractivity contribution in [3.05, 3.63) is 5.82 Å². The van der Waals surface area contributed by atoms with Gasteiger partial charge in [0.2, 0.25) is 0 Å². The van der Waals surface area contributed by atoms with Crippen LogP contribution in [0, 0.1) is 6.92 Å². The maximum atomic E-state index is 10.6. The molecule has 12 heavy (non-hydrogen) atoms. The smallest absolute Gasteiger partial charge is 0.170 e. The first-order valence-corrected chi connectivity index (χ1v) is 5.37. The van der Waals surface area contributed by atoms with E-state index in [4.69, 9.17) is 0 Å². The number of hydrogen-bond acceptors (Lipinski definition) is 5. The van der Waals surface area contributed by atoms with E-state index in [1.54, 1.807) is 18.7 Å². The van der Waals surface area contributed by atoms with Crippen molar-refractivity contribution in [2.45, 2.75) is 24.6 Å². The Labute approximate surface area is 79.8 Å². The molecule has 0 aromatic carbocycles. The van der Waals surface area contributed by atoms with Crippen molar-refractivity contribution in [2.75, 3.05) is 5.75 Å². The molecule has 0 saturated carbocycles. The van der Waals surface area contributed by atoms with Crippen LogP contribution in [0.15, 0.2) is 4.34 Å². The van der Waals surface area contributed by atoms with Gasteiger partial charge in [-0.05, 0) is 25.4 Å². The average molecular weight is 202 g/mol. The first-order chi connectivity index (χ1) is 5.68. The van der Waals surface area contributed by atoms with Gasteiger partial charge in [0.1, 0.15) is 11.6 Å². The fraction of sp³-hybridized carbons (Fsp3) is 0.571. The zero-order valence-electron chi connectivity index (χ0n) is 7.03. The van der Waals surface area contributed by atoms with Crippen molar-refractivity contribution < 1.29 is 4.79 Å². The minimum Gasteiger partial charge on any atom is -0.300 e. The van der Waals surface area contributed by atoms with Crippen LogP contribution in [0.5, 0.6) is 0 Å². The van der Waals surface area contributed by atoms with Crippen LogP contribution in [0.4, 0.5) is 0 Å². The second-order valence-corrected chi connectivity index (χ2v) is 4.50. The van der Waals surface area contributed by atoms with E-state index >= 15 is 0 Å². The molecule has 1 rings (SSSR count). The van der Waals surface area contributed by atoms with Crippen molar-refractivity contribution in [3.8, 4) is 0 Å². The molecule has 0 aliphatic rings. The van der Waals surface area contributed by atoms with Gasteiger partial charge in [0.05, 0.1) is 0 Å². The second-order valence-electron chi connectivity index (χ2n) is 2.41. The number of ketones is 1. The van der Waals surface area contributed by atoms with Gasteiger partial charge >= 0.3 is 0 Å². The number of carbonyl (C=O) groups is 1. The summed E-state index contributed by atoms with van der Waals surface area (Å²) in [5.74, 6) is 1.85. The number of aryl methyl sites for hydroxylation is 1. The molecule has 5 heteroatoms. The summed E-state index contributed by atoms with van der Waals surface area (Å²) in [6.07, 6.45) is 0.614. The number of nitrogens with zero attached hydrogens (tertiary/aromatic N) is 2. The molecule has 0 aliphatic heterocycles. The van der Waals surface area contributed by atoms with Crippen LogP contribution in [0.2, 0.25) is 0 Å². The Morgan fingerprint density at radius 2 is 2.42 bits per heavy atom. The molecular weight excluding hydrogens is 192 g/mol. The van der Waals surface area contributed by atoms with Crippen molar-refractivity contribution in [2.24, 2.45) is 0 Å². The zero-order chi connectivity index (χ0) is 8.97. The minimum absolute atomic E-state index is 0.226. The molecule has 1 aromatic heterocycles. The predicted octanol–water partition coefficient (Wildman–Crippen LogP) is 1.92. The Kier molecular flexibility index (Phi) is 3.68. The molecule has 1 aromatic rings. The van der Waals surface area contributed by atoms with Crippen LogP contribution in [0.1, 0.15) is 19.2 Å². The predicted molar refractivity (Wildman–Crippen MR) is 50.7 cm³/mol. The Bertz CT molecular complexity index is 272. The molecule has 0 aliphatic carbocycles.